The number of rotatable bonds is 4. The van der Waals surface area contributed by atoms with E-state index in [0.29, 0.717) is 30.2 Å². The molecule has 5 rings (SSSR count). The summed E-state index contributed by atoms with van der Waals surface area (Å²) in [5.41, 5.74) is 2.88. The molecule has 0 spiro atoms. The number of hydrogen-bond acceptors (Lipinski definition) is 5. The molecule has 0 saturated heterocycles. The third-order valence-electron chi connectivity index (χ3n) is 4.95. The van der Waals surface area contributed by atoms with Crippen molar-refractivity contribution in [3.63, 3.8) is 0 Å². The van der Waals surface area contributed by atoms with Gasteiger partial charge in [-0.1, -0.05) is 12.1 Å². The molecule has 1 aliphatic rings. The van der Waals surface area contributed by atoms with Gasteiger partial charge in [0.1, 0.15) is 24.7 Å². The Morgan fingerprint density at radius 1 is 1.07 bits per heavy atom. The minimum Gasteiger partial charge on any atom is -0.497 e. The smallest absolute Gasteiger partial charge is 0.206 e. The Balaban J connectivity index is 1.50. The van der Waals surface area contributed by atoms with Gasteiger partial charge in [-0.2, -0.15) is 0 Å². The Morgan fingerprint density at radius 2 is 1.93 bits per heavy atom. The van der Waals surface area contributed by atoms with Crippen molar-refractivity contribution in [1.29, 1.82) is 0 Å². The van der Waals surface area contributed by atoms with E-state index in [0.717, 1.165) is 33.4 Å². The van der Waals surface area contributed by atoms with E-state index in [-0.39, 0.29) is 5.78 Å². The lowest BCUT2D eigenvalue weighted by atomic mass is 10.1. The minimum atomic E-state index is -0.177. The quantitative estimate of drug-likeness (QED) is 0.416. The van der Waals surface area contributed by atoms with Gasteiger partial charge in [-0.25, -0.2) is 0 Å². The van der Waals surface area contributed by atoms with Gasteiger partial charge in [0, 0.05) is 22.5 Å². The SMILES string of the molecule is COc1ccc2[nH]c3c(C(=O)/C=C/c4ccc5c(c4)OCCO5)nccc3c2c1. The maximum absolute atomic E-state index is 12.9. The lowest BCUT2D eigenvalue weighted by Gasteiger charge is -2.18. The van der Waals surface area contributed by atoms with E-state index in [1.54, 1.807) is 19.4 Å². The third kappa shape index (κ3) is 3.08. The Labute approximate surface area is 166 Å². The van der Waals surface area contributed by atoms with E-state index < -0.39 is 0 Å². The van der Waals surface area contributed by atoms with Gasteiger partial charge < -0.3 is 19.2 Å². The lowest BCUT2D eigenvalue weighted by Crippen LogP contribution is -2.15. The second kappa shape index (κ2) is 6.98. The molecule has 0 aliphatic carbocycles. The normalized spacial score (nSPS) is 13.3. The number of carbonyl (C=O) groups is 1. The van der Waals surface area contributed by atoms with Crippen LogP contribution in [0.5, 0.6) is 17.2 Å². The van der Waals surface area contributed by atoms with Gasteiger partial charge in [0.25, 0.3) is 0 Å². The van der Waals surface area contributed by atoms with E-state index in [4.69, 9.17) is 14.2 Å². The Morgan fingerprint density at radius 3 is 2.79 bits per heavy atom. The predicted molar refractivity (Wildman–Crippen MR) is 111 cm³/mol. The van der Waals surface area contributed by atoms with Crippen LogP contribution in [0.3, 0.4) is 0 Å². The number of hydrogen-bond donors (Lipinski definition) is 1. The molecule has 3 heterocycles. The van der Waals surface area contributed by atoms with Crippen molar-refractivity contribution in [1.82, 2.24) is 9.97 Å². The molecule has 0 unspecified atom stereocenters. The first-order chi connectivity index (χ1) is 14.2. The summed E-state index contributed by atoms with van der Waals surface area (Å²) in [5, 5.41) is 1.93. The fourth-order valence-electron chi connectivity index (χ4n) is 3.53. The molecule has 0 fully saturated rings. The summed E-state index contributed by atoms with van der Waals surface area (Å²) in [6, 6.07) is 13.3. The minimum absolute atomic E-state index is 0.177. The summed E-state index contributed by atoms with van der Waals surface area (Å²) in [4.78, 5) is 20.5. The summed E-state index contributed by atoms with van der Waals surface area (Å²) in [7, 11) is 1.63. The van der Waals surface area contributed by atoms with Crippen LogP contribution >= 0.6 is 0 Å². The number of aromatic amines is 1. The summed E-state index contributed by atoms with van der Waals surface area (Å²) >= 11 is 0. The molecule has 144 valence electrons. The lowest BCUT2D eigenvalue weighted by molar-refractivity contribution is 0.104. The molecule has 0 saturated carbocycles. The molecule has 0 atom stereocenters. The first-order valence-corrected chi connectivity index (χ1v) is 9.29. The molecule has 0 amide bonds. The van der Waals surface area contributed by atoms with Crippen LogP contribution in [0.4, 0.5) is 0 Å². The average molecular weight is 386 g/mol. The van der Waals surface area contributed by atoms with E-state index in [1.165, 1.54) is 6.08 Å². The van der Waals surface area contributed by atoms with E-state index in [2.05, 4.69) is 9.97 Å². The number of pyridine rings is 1. The molecular weight excluding hydrogens is 368 g/mol. The number of carbonyl (C=O) groups excluding carboxylic acids is 1. The van der Waals surface area contributed by atoms with Crippen LogP contribution in [-0.2, 0) is 0 Å². The van der Waals surface area contributed by atoms with Gasteiger partial charge in [0.15, 0.2) is 11.5 Å². The highest BCUT2D eigenvalue weighted by molar-refractivity contribution is 6.17. The van der Waals surface area contributed by atoms with Gasteiger partial charge in [-0.3, -0.25) is 9.78 Å². The second-order valence-electron chi connectivity index (χ2n) is 6.72. The van der Waals surface area contributed by atoms with E-state index in [1.807, 2.05) is 42.5 Å². The molecule has 0 bridgehead atoms. The molecular formula is C23H18N2O4. The molecule has 1 N–H and O–H groups in total. The summed E-state index contributed by atoms with van der Waals surface area (Å²) in [5.74, 6) is 2.00. The molecule has 6 nitrogen and oxygen atoms in total. The zero-order valence-corrected chi connectivity index (χ0v) is 15.8. The molecule has 6 heteroatoms. The number of nitrogens with zero attached hydrogens (tertiary/aromatic N) is 1. The number of allylic oxidation sites excluding steroid dienone is 1. The van der Waals surface area contributed by atoms with Gasteiger partial charge in [0.2, 0.25) is 5.78 Å². The van der Waals surface area contributed by atoms with Crippen LogP contribution < -0.4 is 14.2 Å². The fourth-order valence-corrected chi connectivity index (χ4v) is 3.53. The van der Waals surface area contributed by atoms with Gasteiger partial charge in [-0.05, 0) is 48.0 Å². The number of benzene rings is 2. The molecule has 1 aliphatic heterocycles. The first-order valence-electron chi connectivity index (χ1n) is 9.29. The van der Waals surface area contributed by atoms with Crippen molar-refractivity contribution in [2.75, 3.05) is 20.3 Å². The summed E-state index contributed by atoms with van der Waals surface area (Å²) in [6.45, 7) is 1.07. The standard InChI is InChI=1S/C23H18N2O4/c1-27-15-4-5-18-17(13-15)16-8-9-24-23(22(16)25-18)19(26)6-2-14-3-7-20-21(12-14)29-11-10-28-20/h2-9,12-13,25H,10-11H2,1H3/b6-2+. The van der Waals surface area contributed by atoms with Crippen LogP contribution in [0.1, 0.15) is 16.1 Å². The van der Waals surface area contributed by atoms with Crippen LogP contribution in [0.25, 0.3) is 27.9 Å². The average Bonchev–Trinajstić information content (AvgIpc) is 3.15. The van der Waals surface area contributed by atoms with Crippen molar-refractivity contribution in [2.24, 2.45) is 0 Å². The maximum atomic E-state index is 12.9. The number of nitrogens with one attached hydrogen (secondary N) is 1. The second-order valence-corrected chi connectivity index (χ2v) is 6.72. The Bertz CT molecular complexity index is 1270. The first kappa shape index (κ1) is 17.3. The highest BCUT2D eigenvalue weighted by Gasteiger charge is 2.15. The summed E-state index contributed by atoms with van der Waals surface area (Å²) < 4.78 is 16.4. The molecule has 0 radical (unpaired) electrons. The molecule has 2 aromatic carbocycles. The number of aromatic nitrogens is 2. The van der Waals surface area contributed by atoms with Crippen molar-refractivity contribution >= 4 is 33.7 Å². The highest BCUT2D eigenvalue weighted by atomic mass is 16.6. The van der Waals surface area contributed by atoms with Gasteiger partial charge in [0.05, 0.1) is 12.6 Å². The third-order valence-corrected chi connectivity index (χ3v) is 4.95. The molecule has 29 heavy (non-hydrogen) atoms. The fraction of sp³-hybridized carbons (Fsp3) is 0.130. The maximum Gasteiger partial charge on any atom is 0.206 e. The van der Waals surface area contributed by atoms with E-state index >= 15 is 0 Å². The summed E-state index contributed by atoms with van der Waals surface area (Å²) in [6.07, 6.45) is 4.94. The van der Waals surface area contributed by atoms with Crippen LogP contribution in [0.15, 0.2) is 54.7 Å². The zero-order chi connectivity index (χ0) is 19.8. The van der Waals surface area contributed by atoms with Crippen molar-refractivity contribution in [3.8, 4) is 17.2 Å². The zero-order valence-electron chi connectivity index (χ0n) is 15.8. The number of ketones is 1. The van der Waals surface area contributed by atoms with Crippen molar-refractivity contribution < 1.29 is 19.0 Å². The number of fused-ring (bicyclic) bond motifs is 4. The number of H-pyrrole nitrogens is 1. The van der Waals surface area contributed by atoms with Gasteiger partial charge >= 0.3 is 0 Å². The van der Waals surface area contributed by atoms with Crippen LogP contribution in [0.2, 0.25) is 0 Å². The van der Waals surface area contributed by atoms with Crippen LogP contribution in [0, 0.1) is 0 Å². The van der Waals surface area contributed by atoms with E-state index in [9.17, 15) is 4.79 Å². The molecule has 2 aromatic heterocycles. The number of methoxy groups -OCH3 is 1. The Kier molecular flexibility index (Phi) is 4.17. The van der Waals surface area contributed by atoms with Crippen molar-refractivity contribution in [3.05, 3.63) is 66.0 Å². The monoisotopic (exact) mass is 386 g/mol. The van der Waals surface area contributed by atoms with Crippen molar-refractivity contribution in [2.45, 2.75) is 0 Å². The largest absolute Gasteiger partial charge is 0.497 e. The highest BCUT2D eigenvalue weighted by Crippen LogP contribution is 2.32. The van der Waals surface area contributed by atoms with Crippen LogP contribution in [-0.4, -0.2) is 36.1 Å². The van der Waals surface area contributed by atoms with Gasteiger partial charge in [-0.15, -0.1) is 0 Å². The predicted octanol–water partition coefficient (Wildman–Crippen LogP) is 4.39. The topological polar surface area (TPSA) is 73.4 Å². The molecule has 4 aromatic rings. The Hall–Kier alpha value is -3.80. The number of ether oxygens (including phenoxy) is 3.